The highest BCUT2D eigenvalue weighted by Crippen LogP contribution is 2.23. The minimum atomic E-state index is -3.71. The molecule has 4 rings (SSSR count). The normalized spacial score (nSPS) is 17.9. The molecule has 1 aliphatic heterocycles. The predicted molar refractivity (Wildman–Crippen MR) is 101 cm³/mol. The number of benzene rings is 2. The standard InChI is InChI=1S/C20H18F2N2O3S/c21-16-9-14(10-17(22)11-16)13-28(25,26)24-8-7-18(12-24)27-20-6-5-15-3-1-2-4-19(15)23-20/h1-6,9-11,18H,7-8,12-13H2. The van der Waals surface area contributed by atoms with Crippen LogP contribution in [0.4, 0.5) is 8.78 Å². The first kappa shape index (κ1) is 18.8. The van der Waals surface area contributed by atoms with E-state index in [0.29, 0.717) is 24.9 Å². The fourth-order valence-corrected chi connectivity index (χ4v) is 4.87. The Morgan fingerprint density at radius 3 is 2.61 bits per heavy atom. The van der Waals surface area contributed by atoms with E-state index in [-0.39, 0.29) is 18.2 Å². The van der Waals surface area contributed by atoms with Crippen LogP contribution in [0.15, 0.2) is 54.6 Å². The molecule has 1 aromatic heterocycles. The van der Waals surface area contributed by atoms with Crippen molar-refractivity contribution in [2.75, 3.05) is 13.1 Å². The van der Waals surface area contributed by atoms with E-state index in [1.165, 1.54) is 4.31 Å². The number of ether oxygens (including phenoxy) is 1. The lowest BCUT2D eigenvalue weighted by molar-refractivity contribution is 0.207. The molecule has 1 unspecified atom stereocenters. The summed E-state index contributed by atoms with van der Waals surface area (Å²) in [4.78, 5) is 4.44. The van der Waals surface area contributed by atoms with Gasteiger partial charge in [-0.15, -0.1) is 0 Å². The zero-order valence-corrected chi connectivity index (χ0v) is 15.7. The maximum absolute atomic E-state index is 13.3. The summed E-state index contributed by atoms with van der Waals surface area (Å²) in [5, 5.41) is 0.993. The smallest absolute Gasteiger partial charge is 0.218 e. The molecule has 1 saturated heterocycles. The minimum Gasteiger partial charge on any atom is -0.473 e. The van der Waals surface area contributed by atoms with Crippen molar-refractivity contribution < 1.29 is 21.9 Å². The van der Waals surface area contributed by atoms with Crippen LogP contribution in [0.1, 0.15) is 12.0 Å². The van der Waals surface area contributed by atoms with Crippen molar-refractivity contribution >= 4 is 20.9 Å². The average molecular weight is 404 g/mol. The Morgan fingerprint density at radius 1 is 1.07 bits per heavy atom. The summed E-state index contributed by atoms with van der Waals surface area (Å²) in [6, 6.07) is 14.1. The molecule has 3 aromatic rings. The minimum absolute atomic E-state index is 0.0815. The average Bonchev–Trinajstić information content (AvgIpc) is 3.10. The molecule has 1 atom stereocenters. The summed E-state index contributed by atoms with van der Waals surface area (Å²) < 4.78 is 59.0. The first-order valence-corrected chi connectivity index (χ1v) is 10.5. The van der Waals surface area contributed by atoms with Gasteiger partial charge in [-0.2, -0.15) is 4.31 Å². The first-order chi connectivity index (χ1) is 13.4. The molecule has 5 nitrogen and oxygen atoms in total. The lowest BCUT2D eigenvalue weighted by Crippen LogP contribution is -2.32. The van der Waals surface area contributed by atoms with Gasteiger partial charge in [0.05, 0.1) is 17.8 Å². The number of pyridine rings is 1. The molecule has 0 bridgehead atoms. The van der Waals surface area contributed by atoms with Gasteiger partial charge >= 0.3 is 0 Å². The Kier molecular flexibility index (Phi) is 4.99. The van der Waals surface area contributed by atoms with E-state index in [4.69, 9.17) is 4.74 Å². The molecular weight excluding hydrogens is 386 g/mol. The SMILES string of the molecule is O=S(=O)(Cc1cc(F)cc(F)c1)N1CCC(Oc2ccc3ccccc3n2)C1. The summed E-state index contributed by atoms with van der Waals surface area (Å²) in [5.41, 5.74) is 0.883. The summed E-state index contributed by atoms with van der Waals surface area (Å²) in [6.45, 7) is 0.465. The second-order valence-corrected chi connectivity index (χ2v) is 8.73. The van der Waals surface area contributed by atoms with Crippen LogP contribution in [-0.2, 0) is 15.8 Å². The quantitative estimate of drug-likeness (QED) is 0.653. The third-order valence-corrected chi connectivity index (χ3v) is 6.45. The Hall–Kier alpha value is -2.58. The summed E-state index contributed by atoms with van der Waals surface area (Å²) in [7, 11) is -3.71. The number of halogens is 2. The number of hydrogen-bond donors (Lipinski definition) is 0. The maximum atomic E-state index is 13.3. The molecule has 0 amide bonds. The van der Waals surface area contributed by atoms with E-state index < -0.39 is 27.4 Å². The lowest BCUT2D eigenvalue weighted by Gasteiger charge is -2.17. The second-order valence-electron chi connectivity index (χ2n) is 6.76. The molecule has 8 heteroatoms. The summed E-state index contributed by atoms with van der Waals surface area (Å²) in [5.74, 6) is -1.61. The van der Waals surface area contributed by atoms with Gasteiger partial charge < -0.3 is 4.74 Å². The molecule has 0 radical (unpaired) electrons. The molecule has 1 aliphatic rings. The second kappa shape index (κ2) is 7.44. The molecule has 0 saturated carbocycles. The maximum Gasteiger partial charge on any atom is 0.218 e. The van der Waals surface area contributed by atoms with Crippen molar-refractivity contribution in [1.82, 2.24) is 9.29 Å². The topological polar surface area (TPSA) is 59.5 Å². The van der Waals surface area contributed by atoms with Crippen LogP contribution in [-0.4, -0.2) is 36.9 Å². The molecule has 2 heterocycles. The monoisotopic (exact) mass is 404 g/mol. The van der Waals surface area contributed by atoms with Gasteiger partial charge in [0.15, 0.2) is 0 Å². The number of para-hydroxylation sites is 1. The van der Waals surface area contributed by atoms with Crippen LogP contribution in [0.5, 0.6) is 5.88 Å². The Morgan fingerprint density at radius 2 is 1.82 bits per heavy atom. The van der Waals surface area contributed by atoms with Crippen LogP contribution < -0.4 is 4.74 Å². The molecule has 1 fully saturated rings. The molecule has 2 aromatic carbocycles. The van der Waals surface area contributed by atoms with E-state index in [2.05, 4.69) is 4.98 Å². The van der Waals surface area contributed by atoms with Gasteiger partial charge in [-0.05, 0) is 36.2 Å². The van der Waals surface area contributed by atoms with Gasteiger partial charge in [0.25, 0.3) is 0 Å². The van der Waals surface area contributed by atoms with Gasteiger partial charge in [-0.25, -0.2) is 22.2 Å². The fraction of sp³-hybridized carbons (Fsp3) is 0.250. The zero-order valence-electron chi connectivity index (χ0n) is 14.9. The van der Waals surface area contributed by atoms with Crippen molar-refractivity contribution in [3.8, 4) is 5.88 Å². The molecule has 0 aliphatic carbocycles. The number of fused-ring (bicyclic) bond motifs is 1. The Labute approximate surface area is 161 Å². The zero-order chi connectivity index (χ0) is 19.7. The van der Waals surface area contributed by atoms with Crippen LogP contribution in [0.3, 0.4) is 0 Å². The summed E-state index contributed by atoms with van der Waals surface area (Å²) >= 11 is 0. The van der Waals surface area contributed by atoms with E-state index in [1.807, 2.05) is 30.3 Å². The van der Waals surface area contributed by atoms with E-state index in [0.717, 1.165) is 23.0 Å². The lowest BCUT2D eigenvalue weighted by atomic mass is 10.2. The van der Waals surface area contributed by atoms with Gasteiger partial charge in [0, 0.05) is 24.1 Å². The van der Waals surface area contributed by atoms with Crippen molar-refractivity contribution in [2.45, 2.75) is 18.3 Å². The van der Waals surface area contributed by atoms with E-state index >= 15 is 0 Å². The molecule has 146 valence electrons. The van der Waals surface area contributed by atoms with Crippen molar-refractivity contribution in [3.05, 3.63) is 71.8 Å². The largest absolute Gasteiger partial charge is 0.473 e. The van der Waals surface area contributed by atoms with Gasteiger partial charge in [-0.3, -0.25) is 0 Å². The first-order valence-electron chi connectivity index (χ1n) is 8.84. The number of hydrogen-bond acceptors (Lipinski definition) is 4. The number of sulfonamides is 1. The van der Waals surface area contributed by atoms with Crippen molar-refractivity contribution in [1.29, 1.82) is 0 Å². The predicted octanol–water partition coefficient (Wildman–Crippen LogP) is 3.50. The molecular formula is C20H18F2N2O3S. The van der Waals surface area contributed by atoms with E-state index in [9.17, 15) is 17.2 Å². The number of nitrogens with zero attached hydrogens (tertiary/aromatic N) is 2. The molecule has 0 spiro atoms. The Bertz CT molecular complexity index is 1100. The summed E-state index contributed by atoms with van der Waals surface area (Å²) in [6.07, 6.45) is 0.193. The highest BCUT2D eigenvalue weighted by atomic mass is 32.2. The third-order valence-electron chi connectivity index (χ3n) is 4.63. The van der Waals surface area contributed by atoms with Gasteiger partial charge in [-0.1, -0.05) is 18.2 Å². The molecule has 28 heavy (non-hydrogen) atoms. The Balaban J connectivity index is 1.43. The fourth-order valence-electron chi connectivity index (χ4n) is 3.33. The highest BCUT2D eigenvalue weighted by Gasteiger charge is 2.33. The van der Waals surface area contributed by atoms with Crippen LogP contribution in [0.2, 0.25) is 0 Å². The third kappa shape index (κ3) is 4.13. The van der Waals surface area contributed by atoms with Gasteiger partial charge in [0.2, 0.25) is 15.9 Å². The van der Waals surface area contributed by atoms with Crippen LogP contribution >= 0.6 is 0 Å². The van der Waals surface area contributed by atoms with Crippen LogP contribution in [0, 0.1) is 11.6 Å². The van der Waals surface area contributed by atoms with Crippen LogP contribution in [0.25, 0.3) is 10.9 Å². The highest BCUT2D eigenvalue weighted by molar-refractivity contribution is 7.88. The molecule has 0 N–H and O–H groups in total. The number of aromatic nitrogens is 1. The number of rotatable bonds is 5. The van der Waals surface area contributed by atoms with Gasteiger partial charge in [0.1, 0.15) is 17.7 Å². The van der Waals surface area contributed by atoms with E-state index in [1.54, 1.807) is 6.07 Å². The van der Waals surface area contributed by atoms with Crippen molar-refractivity contribution in [2.24, 2.45) is 0 Å². The van der Waals surface area contributed by atoms with Crippen molar-refractivity contribution in [3.63, 3.8) is 0 Å².